The van der Waals surface area contributed by atoms with Crippen molar-refractivity contribution in [3.63, 3.8) is 0 Å². The number of hydrogen-bond donors (Lipinski definition) is 1. The number of carbonyl (C=O) groups is 1. The number of hydrogen-bond acceptors (Lipinski definition) is 6. The highest BCUT2D eigenvalue weighted by molar-refractivity contribution is 7.91. The molecule has 0 spiro atoms. The molecular weight excluding hydrogens is 380 g/mol. The topological polar surface area (TPSA) is 96.8 Å². The molecular formula is C20H22N2O5S. The van der Waals surface area contributed by atoms with Crippen molar-refractivity contribution >= 4 is 15.7 Å². The van der Waals surface area contributed by atoms with E-state index in [1.807, 2.05) is 0 Å². The van der Waals surface area contributed by atoms with Crippen LogP contribution in [0, 0.1) is 0 Å². The van der Waals surface area contributed by atoms with E-state index >= 15 is 0 Å². The Balaban J connectivity index is 1.85. The average molecular weight is 402 g/mol. The van der Waals surface area contributed by atoms with Crippen LogP contribution in [0.25, 0.3) is 0 Å². The second kappa shape index (κ2) is 6.56. The third-order valence-corrected chi connectivity index (χ3v) is 7.12. The molecule has 2 atom stereocenters. The maximum absolute atomic E-state index is 13.0. The lowest BCUT2D eigenvalue weighted by atomic mass is 9.85. The summed E-state index contributed by atoms with van der Waals surface area (Å²) in [6, 6.07) is 6.98. The fourth-order valence-electron chi connectivity index (χ4n) is 3.86. The Labute approximate surface area is 163 Å². The maximum atomic E-state index is 13.0. The fourth-order valence-corrected chi connectivity index (χ4v) is 5.11. The number of pyridine rings is 1. The number of aliphatic hydroxyl groups is 1. The van der Waals surface area contributed by atoms with Crippen LogP contribution in [0.15, 0.2) is 52.5 Å². The van der Waals surface area contributed by atoms with Crippen LogP contribution in [0.4, 0.5) is 0 Å². The van der Waals surface area contributed by atoms with Gasteiger partial charge in [-0.2, -0.15) is 0 Å². The van der Waals surface area contributed by atoms with Gasteiger partial charge in [0.1, 0.15) is 17.5 Å². The quantitative estimate of drug-likeness (QED) is 0.845. The summed E-state index contributed by atoms with van der Waals surface area (Å²) in [7, 11) is -3.78. The molecule has 1 saturated heterocycles. The van der Waals surface area contributed by atoms with Gasteiger partial charge in [0.05, 0.1) is 15.8 Å². The second-order valence-electron chi connectivity index (χ2n) is 7.68. The Morgan fingerprint density at radius 2 is 2.04 bits per heavy atom. The number of carbonyl (C=O) groups excluding carboxylic acids is 1. The number of nitrogens with zero attached hydrogens (tertiary/aromatic N) is 2. The molecule has 28 heavy (non-hydrogen) atoms. The van der Waals surface area contributed by atoms with Gasteiger partial charge < -0.3 is 14.7 Å². The van der Waals surface area contributed by atoms with E-state index in [1.165, 1.54) is 30.6 Å². The third kappa shape index (κ3) is 2.97. The van der Waals surface area contributed by atoms with Gasteiger partial charge >= 0.3 is 0 Å². The van der Waals surface area contributed by atoms with Gasteiger partial charge in [-0.05, 0) is 50.6 Å². The predicted molar refractivity (Wildman–Crippen MR) is 101 cm³/mol. The summed E-state index contributed by atoms with van der Waals surface area (Å²) in [6.07, 6.45) is 2.95. The highest BCUT2D eigenvalue weighted by Crippen LogP contribution is 2.45. The third-order valence-electron chi connectivity index (χ3n) is 5.39. The molecule has 8 heteroatoms. The average Bonchev–Trinajstić information content (AvgIpc) is 3.08. The van der Waals surface area contributed by atoms with Crippen LogP contribution >= 0.6 is 0 Å². The number of ether oxygens (including phenoxy) is 1. The van der Waals surface area contributed by atoms with Crippen LogP contribution in [0.2, 0.25) is 0 Å². The minimum absolute atomic E-state index is 0.0479. The number of fused-ring (bicyclic) bond motifs is 1. The van der Waals surface area contributed by atoms with Crippen LogP contribution in [-0.2, 0) is 14.6 Å². The molecule has 0 aliphatic carbocycles. The molecule has 2 aliphatic rings. The van der Waals surface area contributed by atoms with Gasteiger partial charge in [0.15, 0.2) is 0 Å². The van der Waals surface area contributed by atoms with Gasteiger partial charge in [-0.1, -0.05) is 0 Å². The van der Waals surface area contributed by atoms with Gasteiger partial charge in [0.2, 0.25) is 15.7 Å². The van der Waals surface area contributed by atoms with Gasteiger partial charge in [-0.3, -0.25) is 9.78 Å². The minimum atomic E-state index is -3.78. The summed E-state index contributed by atoms with van der Waals surface area (Å²) >= 11 is 0. The Morgan fingerprint density at radius 3 is 2.68 bits per heavy atom. The number of rotatable bonds is 3. The summed E-state index contributed by atoms with van der Waals surface area (Å²) < 4.78 is 31.9. The first kappa shape index (κ1) is 18.9. The van der Waals surface area contributed by atoms with Gasteiger partial charge in [0.25, 0.3) is 0 Å². The predicted octanol–water partition coefficient (Wildman–Crippen LogP) is 2.11. The minimum Gasteiger partial charge on any atom is -0.485 e. The number of likely N-dealkylation sites (tertiary alicyclic amines) is 1. The fraction of sp³-hybridized carbons (Fsp3) is 0.400. The molecule has 0 saturated carbocycles. The number of sulfone groups is 1. The Kier molecular flexibility index (Phi) is 4.43. The van der Waals surface area contributed by atoms with Crippen LogP contribution in [0.3, 0.4) is 0 Å². The van der Waals surface area contributed by atoms with E-state index < -0.39 is 27.6 Å². The lowest BCUT2D eigenvalue weighted by molar-refractivity contribution is -0.139. The van der Waals surface area contributed by atoms with E-state index in [4.69, 9.17) is 4.74 Å². The molecule has 4 rings (SSSR count). The van der Waals surface area contributed by atoms with Gasteiger partial charge in [-0.15, -0.1) is 0 Å². The second-order valence-corrected chi connectivity index (χ2v) is 9.63. The van der Waals surface area contributed by atoms with Crippen LogP contribution in [-0.4, -0.2) is 47.6 Å². The molecule has 2 aliphatic heterocycles. The number of benzene rings is 1. The molecule has 1 aromatic heterocycles. The van der Waals surface area contributed by atoms with Crippen molar-refractivity contribution in [2.24, 2.45) is 0 Å². The van der Waals surface area contributed by atoms with Crippen molar-refractivity contribution in [3.8, 4) is 5.75 Å². The Hall–Kier alpha value is -2.45. The van der Waals surface area contributed by atoms with Crippen molar-refractivity contribution in [3.05, 3.63) is 48.3 Å². The number of amides is 1. The first-order valence-corrected chi connectivity index (χ1v) is 10.7. The maximum Gasteiger partial charge on any atom is 0.223 e. The molecule has 1 amide bonds. The number of aromatic nitrogens is 1. The zero-order chi connectivity index (χ0) is 20.1. The lowest BCUT2D eigenvalue weighted by Crippen LogP contribution is -2.53. The Morgan fingerprint density at radius 1 is 1.25 bits per heavy atom. The van der Waals surface area contributed by atoms with Gasteiger partial charge in [-0.25, -0.2) is 8.42 Å². The van der Waals surface area contributed by atoms with Gasteiger partial charge in [0, 0.05) is 30.9 Å². The van der Waals surface area contributed by atoms with Crippen LogP contribution < -0.4 is 4.74 Å². The molecule has 7 nitrogen and oxygen atoms in total. The smallest absolute Gasteiger partial charge is 0.223 e. The van der Waals surface area contributed by atoms with Crippen molar-refractivity contribution in [2.75, 3.05) is 6.54 Å². The molecule has 1 fully saturated rings. The van der Waals surface area contributed by atoms with Crippen molar-refractivity contribution in [1.29, 1.82) is 0 Å². The molecule has 1 aromatic carbocycles. The normalized spacial score (nSPS) is 24.0. The van der Waals surface area contributed by atoms with Crippen LogP contribution in [0.1, 0.15) is 38.3 Å². The van der Waals surface area contributed by atoms with E-state index in [0.717, 1.165) is 0 Å². The van der Waals surface area contributed by atoms with E-state index in [0.29, 0.717) is 30.7 Å². The van der Waals surface area contributed by atoms with E-state index in [2.05, 4.69) is 4.98 Å². The molecule has 0 bridgehead atoms. The zero-order valence-electron chi connectivity index (χ0n) is 15.7. The van der Waals surface area contributed by atoms with Crippen molar-refractivity contribution in [1.82, 2.24) is 9.88 Å². The lowest BCUT2D eigenvalue weighted by Gasteiger charge is -2.45. The van der Waals surface area contributed by atoms with Crippen molar-refractivity contribution in [2.45, 2.75) is 54.2 Å². The summed E-state index contributed by atoms with van der Waals surface area (Å²) in [4.78, 5) is 18.1. The molecule has 3 heterocycles. The molecule has 2 aromatic rings. The van der Waals surface area contributed by atoms with Crippen molar-refractivity contribution < 1.29 is 23.1 Å². The monoisotopic (exact) mass is 402 g/mol. The van der Waals surface area contributed by atoms with E-state index in [-0.39, 0.29) is 15.7 Å². The first-order valence-electron chi connectivity index (χ1n) is 9.17. The van der Waals surface area contributed by atoms with E-state index in [1.54, 1.807) is 30.9 Å². The Bertz CT molecular complexity index is 1020. The summed E-state index contributed by atoms with van der Waals surface area (Å²) in [5.74, 6) is 0.429. The summed E-state index contributed by atoms with van der Waals surface area (Å²) in [5.41, 5.74) is -0.406. The van der Waals surface area contributed by atoms with Crippen LogP contribution in [0.5, 0.6) is 5.75 Å². The molecule has 1 N–H and O–H groups in total. The highest BCUT2D eigenvalue weighted by Gasteiger charge is 2.47. The largest absolute Gasteiger partial charge is 0.485 e. The SMILES string of the molecule is CC1(C)Oc2ccc(S(=O)(=O)c3cccnc3)cc2C(N2CCCC2=O)C1O. The zero-order valence-corrected chi connectivity index (χ0v) is 16.5. The summed E-state index contributed by atoms with van der Waals surface area (Å²) in [6.45, 7) is 4.04. The van der Waals surface area contributed by atoms with E-state index in [9.17, 15) is 18.3 Å². The highest BCUT2D eigenvalue weighted by atomic mass is 32.2. The molecule has 2 unspecified atom stereocenters. The first-order chi connectivity index (χ1) is 13.2. The molecule has 148 valence electrons. The number of aliphatic hydroxyl groups excluding tert-OH is 1. The standard InChI is InChI=1S/C20H22N2O5S/c1-20(2)19(24)18(22-10-4-6-17(22)23)15-11-13(7-8-16(15)27-20)28(25,26)14-5-3-9-21-12-14/h3,5,7-9,11-12,18-19,24H,4,6,10H2,1-2H3. The molecule has 0 radical (unpaired) electrons. The summed E-state index contributed by atoms with van der Waals surface area (Å²) in [5, 5.41) is 11.0.